The lowest BCUT2D eigenvalue weighted by atomic mass is 10.1. The number of hydrogen-bond acceptors (Lipinski definition) is 4. The minimum absolute atomic E-state index is 0.156. The first-order chi connectivity index (χ1) is 14.5. The third kappa shape index (κ3) is 4.77. The van der Waals surface area contributed by atoms with Gasteiger partial charge in [0, 0.05) is 40.7 Å². The maximum Gasteiger partial charge on any atom is 0.257 e. The fraction of sp³-hybridized carbons (Fsp3) is 0.261. The van der Waals surface area contributed by atoms with Crippen LogP contribution < -0.4 is 5.32 Å². The van der Waals surface area contributed by atoms with Gasteiger partial charge in [-0.25, -0.2) is 0 Å². The summed E-state index contributed by atoms with van der Waals surface area (Å²) in [6.45, 7) is 3.46. The van der Waals surface area contributed by atoms with Gasteiger partial charge in [0.15, 0.2) is 0 Å². The summed E-state index contributed by atoms with van der Waals surface area (Å²) < 4.78 is 0. The predicted molar refractivity (Wildman–Crippen MR) is 123 cm³/mol. The Hall–Kier alpha value is -2.57. The average Bonchev–Trinajstić information content (AvgIpc) is 2.75. The molecule has 0 atom stereocenters. The van der Waals surface area contributed by atoms with Crippen molar-refractivity contribution in [1.29, 1.82) is 0 Å². The van der Waals surface area contributed by atoms with Gasteiger partial charge in [-0.3, -0.25) is 14.6 Å². The number of rotatable bonds is 4. The lowest BCUT2D eigenvalue weighted by Gasteiger charge is -2.26. The number of aryl methyl sites for hydroxylation is 1. The van der Waals surface area contributed by atoms with Crippen LogP contribution in [0.15, 0.2) is 48.5 Å². The second-order valence-corrected chi connectivity index (χ2v) is 8.94. The summed E-state index contributed by atoms with van der Waals surface area (Å²) in [7, 11) is 0. The third-order valence-electron chi connectivity index (χ3n) is 5.14. The summed E-state index contributed by atoms with van der Waals surface area (Å²) in [5, 5.41) is 4.34. The molecule has 0 unspecified atom stereocenters. The number of hydrogen-bond donors (Lipinski definition) is 1. The van der Waals surface area contributed by atoms with E-state index in [2.05, 4.69) is 10.3 Å². The smallest absolute Gasteiger partial charge is 0.257 e. The molecule has 0 spiro atoms. The van der Waals surface area contributed by atoms with E-state index in [9.17, 15) is 9.59 Å². The molecule has 1 fully saturated rings. The van der Waals surface area contributed by atoms with Crippen molar-refractivity contribution in [3.63, 3.8) is 0 Å². The predicted octanol–water partition coefficient (Wildman–Crippen LogP) is 4.57. The van der Waals surface area contributed by atoms with Crippen LogP contribution in [-0.2, 0) is 11.2 Å². The van der Waals surface area contributed by atoms with E-state index in [0.717, 1.165) is 41.1 Å². The van der Waals surface area contributed by atoms with Gasteiger partial charge < -0.3 is 10.2 Å². The van der Waals surface area contributed by atoms with Crippen LogP contribution in [0.1, 0.15) is 21.6 Å². The SMILES string of the molecule is Cc1nc2ccc(Cl)cc2cc1C(=O)Nc1ccc(CC(=O)N2CCSCC2)cc1. The fourth-order valence-electron chi connectivity index (χ4n) is 3.48. The summed E-state index contributed by atoms with van der Waals surface area (Å²) in [6, 6.07) is 14.7. The molecule has 0 radical (unpaired) electrons. The second kappa shape index (κ2) is 9.06. The maximum absolute atomic E-state index is 12.8. The van der Waals surface area contributed by atoms with Crippen molar-refractivity contribution in [2.75, 3.05) is 29.9 Å². The van der Waals surface area contributed by atoms with E-state index in [0.29, 0.717) is 28.4 Å². The molecule has 3 aromatic rings. The molecule has 30 heavy (non-hydrogen) atoms. The Labute approximate surface area is 184 Å². The highest BCUT2D eigenvalue weighted by atomic mass is 35.5. The lowest BCUT2D eigenvalue weighted by molar-refractivity contribution is -0.130. The van der Waals surface area contributed by atoms with Crippen LogP contribution in [0.3, 0.4) is 0 Å². The lowest BCUT2D eigenvalue weighted by Crippen LogP contribution is -2.38. The van der Waals surface area contributed by atoms with E-state index in [-0.39, 0.29) is 11.8 Å². The minimum Gasteiger partial charge on any atom is -0.341 e. The Morgan fingerprint density at radius 3 is 2.57 bits per heavy atom. The first-order valence-electron chi connectivity index (χ1n) is 9.82. The molecule has 1 N–H and O–H groups in total. The number of fused-ring (bicyclic) bond motifs is 1. The van der Waals surface area contributed by atoms with Crippen molar-refractivity contribution in [3.05, 3.63) is 70.4 Å². The monoisotopic (exact) mass is 439 g/mol. The number of amides is 2. The Morgan fingerprint density at radius 2 is 1.83 bits per heavy atom. The molecule has 0 saturated carbocycles. The largest absolute Gasteiger partial charge is 0.341 e. The van der Waals surface area contributed by atoms with Gasteiger partial charge in [-0.05, 0) is 48.9 Å². The van der Waals surface area contributed by atoms with Gasteiger partial charge in [0.2, 0.25) is 5.91 Å². The topological polar surface area (TPSA) is 62.3 Å². The Balaban J connectivity index is 1.44. The molecule has 4 rings (SSSR count). The van der Waals surface area contributed by atoms with Crippen LogP contribution in [0, 0.1) is 6.92 Å². The van der Waals surface area contributed by atoms with Crippen molar-refractivity contribution in [2.45, 2.75) is 13.3 Å². The van der Waals surface area contributed by atoms with E-state index in [1.54, 1.807) is 12.1 Å². The van der Waals surface area contributed by atoms with Crippen LogP contribution in [0.4, 0.5) is 5.69 Å². The first-order valence-corrected chi connectivity index (χ1v) is 11.4. The molecule has 1 aliphatic heterocycles. The maximum atomic E-state index is 12.8. The van der Waals surface area contributed by atoms with Crippen LogP contribution >= 0.6 is 23.4 Å². The number of halogens is 1. The summed E-state index contributed by atoms with van der Waals surface area (Å²) >= 11 is 7.95. The van der Waals surface area contributed by atoms with Crippen molar-refractivity contribution in [3.8, 4) is 0 Å². The molecule has 2 amide bonds. The van der Waals surface area contributed by atoms with Crippen molar-refractivity contribution >= 4 is 51.8 Å². The van der Waals surface area contributed by atoms with Crippen LogP contribution in [0.2, 0.25) is 5.02 Å². The van der Waals surface area contributed by atoms with Gasteiger partial charge in [-0.1, -0.05) is 23.7 Å². The van der Waals surface area contributed by atoms with Gasteiger partial charge in [-0.2, -0.15) is 11.8 Å². The normalized spacial score (nSPS) is 14.0. The van der Waals surface area contributed by atoms with Gasteiger partial charge in [-0.15, -0.1) is 0 Å². The molecule has 5 nitrogen and oxygen atoms in total. The van der Waals surface area contributed by atoms with E-state index in [4.69, 9.17) is 11.6 Å². The van der Waals surface area contributed by atoms with Gasteiger partial charge in [0.1, 0.15) is 0 Å². The Kier molecular flexibility index (Phi) is 6.25. The highest BCUT2D eigenvalue weighted by Crippen LogP contribution is 2.22. The zero-order chi connectivity index (χ0) is 21.1. The molecule has 0 bridgehead atoms. The number of nitrogens with zero attached hydrogens (tertiary/aromatic N) is 2. The number of nitrogens with one attached hydrogen (secondary N) is 1. The molecule has 1 aromatic heterocycles. The van der Waals surface area contributed by atoms with Crippen molar-refractivity contribution in [2.24, 2.45) is 0 Å². The van der Waals surface area contributed by atoms with E-state index >= 15 is 0 Å². The fourth-order valence-corrected chi connectivity index (χ4v) is 4.56. The first kappa shape index (κ1) is 20.7. The van der Waals surface area contributed by atoms with Crippen molar-refractivity contribution < 1.29 is 9.59 Å². The molecule has 7 heteroatoms. The highest BCUT2D eigenvalue weighted by molar-refractivity contribution is 7.99. The van der Waals surface area contributed by atoms with Gasteiger partial charge in [0.25, 0.3) is 5.91 Å². The molecule has 2 heterocycles. The number of benzene rings is 2. The van der Waals surface area contributed by atoms with E-state index in [1.807, 2.05) is 60.0 Å². The molecule has 2 aromatic carbocycles. The standard InChI is InChI=1S/C23H22ClN3O2S/c1-15-20(14-17-13-18(24)4-7-21(17)25-15)23(29)26-19-5-2-16(3-6-19)12-22(28)27-8-10-30-11-9-27/h2-7,13-14H,8-12H2,1H3,(H,26,29). The van der Waals surface area contributed by atoms with Gasteiger partial charge >= 0.3 is 0 Å². The molecular formula is C23H22ClN3O2S. The van der Waals surface area contributed by atoms with Crippen molar-refractivity contribution in [1.82, 2.24) is 9.88 Å². The number of thioether (sulfide) groups is 1. The second-order valence-electron chi connectivity index (χ2n) is 7.28. The number of pyridine rings is 1. The summed E-state index contributed by atoms with van der Waals surface area (Å²) in [6.07, 6.45) is 0.382. The number of carbonyl (C=O) groups excluding carboxylic acids is 2. The Bertz CT molecular complexity index is 1100. The third-order valence-corrected chi connectivity index (χ3v) is 6.32. The molecule has 1 saturated heterocycles. The zero-order valence-electron chi connectivity index (χ0n) is 16.7. The average molecular weight is 440 g/mol. The molecule has 1 aliphatic rings. The quantitative estimate of drug-likeness (QED) is 0.647. The van der Waals surface area contributed by atoms with Crippen LogP contribution in [0.5, 0.6) is 0 Å². The number of aromatic nitrogens is 1. The summed E-state index contributed by atoms with van der Waals surface area (Å²) in [5.41, 5.74) is 3.58. The Morgan fingerprint density at radius 1 is 1.10 bits per heavy atom. The molecule has 0 aliphatic carbocycles. The summed E-state index contributed by atoms with van der Waals surface area (Å²) in [4.78, 5) is 31.6. The number of carbonyl (C=O) groups is 2. The summed E-state index contributed by atoms with van der Waals surface area (Å²) in [5.74, 6) is 1.94. The highest BCUT2D eigenvalue weighted by Gasteiger charge is 2.17. The minimum atomic E-state index is -0.225. The van der Waals surface area contributed by atoms with Gasteiger partial charge in [0.05, 0.1) is 23.2 Å². The zero-order valence-corrected chi connectivity index (χ0v) is 18.2. The van der Waals surface area contributed by atoms with Crippen LogP contribution in [-0.4, -0.2) is 46.3 Å². The van der Waals surface area contributed by atoms with Crippen LogP contribution in [0.25, 0.3) is 10.9 Å². The number of anilines is 1. The van der Waals surface area contributed by atoms with E-state index in [1.165, 1.54) is 0 Å². The molecule has 154 valence electrons. The van der Waals surface area contributed by atoms with E-state index < -0.39 is 0 Å². The molecular weight excluding hydrogens is 418 g/mol.